The summed E-state index contributed by atoms with van der Waals surface area (Å²) in [5.41, 5.74) is 1.44. The summed E-state index contributed by atoms with van der Waals surface area (Å²) in [4.78, 5) is 13.1. The largest absolute Gasteiger partial charge is 0.325 e. The van der Waals surface area contributed by atoms with Gasteiger partial charge in [-0.1, -0.05) is 30.7 Å². The Morgan fingerprint density at radius 3 is 2.40 bits per heavy atom. The minimum absolute atomic E-state index is 0.152. The second-order valence-electron chi connectivity index (χ2n) is 7.33. The third-order valence-corrected chi connectivity index (χ3v) is 7.42. The highest BCUT2D eigenvalue weighted by molar-refractivity contribution is 7.92. The van der Waals surface area contributed by atoms with Gasteiger partial charge in [-0.05, 0) is 49.6 Å². The maximum absolute atomic E-state index is 13.1. The predicted molar refractivity (Wildman–Crippen MR) is 116 cm³/mol. The van der Waals surface area contributed by atoms with Gasteiger partial charge in [0.05, 0.1) is 16.8 Å². The first-order chi connectivity index (χ1) is 14.1. The van der Waals surface area contributed by atoms with Crippen LogP contribution in [0.2, 0.25) is 0 Å². The fourth-order valence-corrected chi connectivity index (χ4v) is 5.71. The number of anilines is 2. The molecule has 2 N–H and O–H groups in total. The molecule has 8 nitrogen and oxygen atoms in total. The molecule has 1 fully saturated rings. The number of amides is 1. The summed E-state index contributed by atoms with van der Waals surface area (Å²) in [6, 6.07) is 12.1. The van der Waals surface area contributed by atoms with Crippen molar-refractivity contribution in [1.29, 1.82) is 0 Å². The molecule has 2 aromatic rings. The van der Waals surface area contributed by atoms with Gasteiger partial charge in [-0.2, -0.15) is 4.31 Å². The molecule has 1 atom stereocenters. The number of hydrogen-bond acceptors (Lipinski definition) is 5. The summed E-state index contributed by atoms with van der Waals surface area (Å²) in [5.74, 6) is -0.441. The van der Waals surface area contributed by atoms with Gasteiger partial charge in [0.15, 0.2) is 0 Å². The number of carbonyl (C=O) groups is 1. The third kappa shape index (κ3) is 5.18. The van der Waals surface area contributed by atoms with E-state index in [1.54, 1.807) is 37.3 Å². The Balaban J connectivity index is 1.84. The average Bonchev–Trinajstić information content (AvgIpc) is 2.70. The molecular weight excluding hydrogens is 426 g/mol. The molecule has 0 aliphatic carbocycles. The smallest absolute Gasteiger partial charge is 0.243 e. The number of sulfonamides is 2. The number of nitrogens with zero attached hydrogens (tertiary/aromatic N) is 1. The number of carbonyl (C=O) groups excluding carboxylic acids is 1. The fraction of sp³-hybridized carbons (Fsp3) is 0.350. The predicted octanol–water partition coefficient (Wildman–Crippen LogP) is 2.55. The van der Waals surface area contributed by atoms with Gasteiger partial charge in [0.25, 0.3) is 0 Å². The van der Waals surface area contributed by atoms with Gasteiger partial charge in [-0.3, -0.25) is 9.52 Å². The zero-order chi connectivity index (χ0) is 21.9. The van der Waals surface area contributed by atoms with Crippen LogP contribution >= 0.6 is 0 Å². The molecule has 1 saturated heterocycles. The molecule has 0 spiro atoms. The van der Waals surface area contributed by atoms with Crippen molar-refractivity contribution >= 4 is 37.3 Å². The number of hydrogen-bond donors (Lipinski definition) is 2. The van der Waals surface area contributed by atoms with E-state index in [4.69, 9.17) is 0 Å². The Morgan fingerprint density at radius 1 is 1.03 bits per heavy atom. The van der Waals surface area contributed by atoms with Crippen LogP contribution in [0.5, 0.6) is 0 Å². The zero-order valence-electron chi connectivity index (χ0n) is 16.8. The molecule has 1 amide bonds. The molecule has 162 valence electrons. The second kappa shape index (κ2) is 8.75. The Kier molecular flexibility index (Phi) is 6.49. The summed E-state index contributed by atoms with van der Waals surface area (Å²) < 4.78 is 52.9. The van der Waals surface area contributed by atoms with E-state index in [-0.39, 0.29) is 11.4 Å². The Labute approximate surface area is 177 Å². The van der Waals surface area contributed by atoms with Crippen molar-refractivity contribution in [2.45, 2.75) is 37.1 Å². The first kappa shape index (κ1) is 22.3. The second-order valence-corrected chi connectivity index (χ2v) is 11.0. The van der Waals surface area contributed by atoms with Crippen LogP contribution < -0.4 is 10.0 Å². The van der Waals surface area contributed by atoms with E-state index < -0.39 is 32.0 Å². The van der Waals surface area contributed by atoms with Gasteiger partial charge in [-0.15, -0.1) is 0 Å². The molecule has 0 bridgehead atoms. The monoisotopic (exact) mass is 451 g/mol. The minimum Gasteiger partial charge on any atom is -0.325 e. The summed E-state index contributed by atoms with van der Waals surface area (Å²) in [6.07, 6.45) is 2.89. The maximum Gasteiger partial charge on any atom is 0.243 e. The van der Waals surface area contributed by atoms with E-state index in [9.17, 15) is 21.6 Å². The highest BCUT2D eigenvalue weighted by atomic mass is 32.2. The lowest BCUT2D eigenvalue weighted by atomic mass is 10.0. The summed E-state index contributed by atoms with van der Waals surface area (Å²) >= 11 is 0. The molecule has 1 aliphatic rings. The van der Waals surface area contributed by atoms with Gasteiger partial charge in [-0.25, -0.2) is 16.8 Å². The van der Waals surface area contributed by atoms with E-state index in [0.717, 1.165) is 12.7 Å². The van der Waals surface area contributed by atoms with Crippen LogP contribution in [-0.4, -0.2) is 45.9 Å². The molecule has 30 heavy (non-hydrogen) atoms. The number of benzene rings is 2. The summed E-state index contributed by atoms with van der Waals surface area (Å²) in [7, 11) is -7.28. The molecule has 1 unspecified atom stereocenters. The van der Waals surface area contributed by atoms with Crippen LogP contribution in [-0.2, 0) is 24.8 Å². The van der Waals surface area contributed by atoms with Crippen molar-refractivity contribution in [1.82, 2.24) is 4.31 Å². The summed E-state index contributed by atoms with van der Waals surface area (Å²) in [6.45, 7) is 2.01. The topological polar surface area (TPSA) is 113 Å². The van der Waals surface area contributed by atoms with Crippen LogP contribution in [0, 0.1) is 6.92 Å². The first-order valence-electron chi connectivity index (χ1n) is 9.54. The van der Waals surface area contributed by atoms with Crippen LogP contribution in [0.15, 0.2) is 53.4 Å². The van der Waals surface area contributed by atoms with Crippen molar-refractivity contribution in [3.63, 3.8) is 0 Å². The Hall–Kier alpha value is -2.43. The summed E-state index contributed by atoms with van der Waals surface area (Å²) in [5, 5.41) is 2.74. The van der Waals surface area contributed by atoms with Crippen molar-refractivity contribution in [2.24, 2.45) is 0 Å². The van der Waals surface area contributed by atoms with Crippen LogP contribution in [0.4, 0.5) is 11.4 Å². The van der Waals surface area contributed by atoms with Crippen molar-refractivity contribution in [3.05, 3.63) is 54.1 Å². The van der Waals surface area contributed by atoms with E-state index in [1.807, 2.05) is 0 Å². The molecule has 0 radical (unpaired) electrons. The van der Waals surface area contributed by atoms with Crippen molar-refractivity contribution < 1.29 is 21.6 Å². The third-order valence-electron chi connectivity index (χ3n) is 4.91. The van der Waals surface area contributed by atoms with Crippen LogP contribution in [0.3, 0.4) is 0 Å². The van der Waals surface area contributed by atoms with Gasteiger partial charge < -0.3 is 5.32 Å². The minimum atomic E-state index is -3.81. The lowest BCUT2D eigenvalue weighted by Gasteiger charge is -2.33. The highest BCUT2D eigenvalue weighted by Crippen LogP contribution is 2.27. The van der Waals surface area contributed by atoms with Crippen LogP contribution in [0.25, 0.3) is 0 Å². The van der Waals surface area contributed by atoms with Crippen molar-refractivity contribution in [2.75, 3.05) is 22.8 Å². The Morgan fingerprint density at radius 2 is 1.73 bits per heavy atom. The maximum atomic E-state index is 13.1. The molecule has 2 aromatic carbocycles. The first-order valence-corrected chi connectivity index (χ1v) is 12.9. The van der Waals surface area contributed by atoms with E-state index in [2.05, 4.69) is 10.0 Å². The molecule has 1 heterocycles. The molecular formula is C20H25N3O5S2. The van der Waals surface area contributed by atoms with Crippen molar-refractivity contribution in [3.8, 4) is 0 Å². The zero-order valence-corrected chi connectivity index (χ0v) is 18.5. The fourth-order valence-electron chi connectivity index (χ4n) is 3.42. The van der Waals surface area contributed by atoms with E-state index in [1.165, 1.54) is 22.5 Å². The molecule has 10 heteroatoms. The number of aryl methyl sites for hydroxylation is 1. The van der Waals surface area contributed by atoms with Gasteiger partial charge in [0.1, 0.15) is 6.04 Å². The van der Waals surface area contributed by atoms with Crippen LogP contribution in [0.1, 0.15) is 24.8 Å². The average molecular weight is 452 g/mol. The Bertz CT molecular complexity index is 1130. The van der Waals surface area contributed by atoms with Gasteiger partial charge in [0.2, 0.25) is 26.0 Å². The lowest BCUT2D eigenvalue weighted by molar-refractivity contribution is -0.120. The van der Waals surface area contributed by atoms with Gasteiger partial charge >= 0.3 is 0 Å². The number of nitrogens with one attached hydrogen (secondary N) is 2. The standard InChI is InChI=1S/C20H25N3O5S2/c1-15-11-12-16(14-18(15)22-29(2,25)26)21-20(24)19-10-6-7-13-23(19)30(27,28)17-8-4-3-5-9-17/h3-5,8-9,11-12,14,19,22H,6-7,10,13H2,1-2H3,(H,21,24). The van der Waals surface area contributed by atoms with E-state index >= 15 is 0 Å². The molecule has 1 aliphatic heterocycles. The normalized spacial score (nSPS) is 18.0. The highest BCUT2D eigenvalue weighted by Gasteiger charge is 2.37. The molecule has 3 rings (SSSR count). The van der Waals surface area contributed by atoms with E-state index in [0.29, 0.717) is 29.8 Å². The lowest BCUT2D eigenvalue weighted by Crippen LogP contribution is -2.49. The number of piperidine rings is 1. The SMILES string of the molecule is Cc1ccc(NC(=O)C2CCCCN2S(=O)(=O)c2ccccc2)cc1NS(C)(=O)=O. The molecule has 0 saturated carbocycles. The quantitative estimate of drug-likeness (QED) is 0.701. The van der Waals surface area contributed by atoms with Gasteiger partial charge in [0, 0.05) is 12.2 Å². The number of rotatable bonds is 6. The molecule has 0 aromatic heterocycles.